The van der Waals surface area contributed by atoms with E-state index in [-0.39, 0.29) is 6.04 Å². The molecule has 4 heterocycles. The van der Waals surface area contributed by atoms with Gasteiger partial charge in [0.05, 0.1) is 11.8 Å². The van der Waals surface area contributed by atoms with Gasteiger partial charge >= 0.3 is 0 Å². The molecule has 10 heteroatoms. The number of aryl methyl sites for hydroxylation is 2. The summed E-state index contributed by atoms with van der Waals surface area (Å²) in [4.78, 5) is 15.4. The summed E-state index contributed by atoms with van der Waals surface area (Å²) in [6.07, 6.45) is 5.04. The molecule has 0 saturated carbocycles. The fourth-order valence-electron chi connectivity index (χ4n) is 3.35. The minimum absolute atomic E-state index is 0.247. The van der Waals surface area contributed by atoms with E-state index in [1.807, 2.05) is 26.1 Å². The van der Waals surface area contributed by atoms with Gasteiger partial charge in [-0.3, -0.25) is 4.68 Å². The molecule has 0 radical (unpaired) electrons. The Bertz CT molecular complexity index is 1040. The first kappa shape index (κ1) is 19.9. The zero-order valence-electron chi connectivity index (χ0n) is 16.8. The lowest BCUT2D eigenvalue weighted by molar-refractivity contribution is 0.522. The molecule has 3 aromatic heterocycles. The fraction of sp³-hybridized carbons (Fsp3) is 0.350. The highest BCUT2D eigenvalue weighted by molar-refractivity contribution is 6.32. The van der Waals surface area contributed by atoms with Crippen LogP contribution in [0.25, 0.3) is 0 Å². The number of anilines is 4. The monoisotopic (exact) mass is 423 g/mol. The summed E-state index contributed by atoms with van der Waals surface area (Å²) in [7, 11) is 1.88. The van der Waals surface area contributed by atoms with Crippen LogP contribution in [-0.2, 0) is 7.05 Å². The first-order valence-electron chi connectivity index (χ1n) is 9.69. The molecule has 0 atom stereocenters. The van der Waals surface area contributed by atoms with Crippen molar-refractivity contribution in [1.29, 1.82) is 5.26 Å². The minimum Gasteiger partial charge on any atom is -0.366 e. The number of piperidine rings is 1. The predicted octanol–water partition coefficient (Wildman–Crippen LogP) is 3.26. The van der Waals surface area contributed by atoms with Gasteiger partial charge in [0.25, 0.3) is 0 Å². The maximum absolute atomic E-state index is 8.91. The van der Waals surface area contributed by atoms with E-state index >= 15 is 0 Å². The Kier molecular flexibility index (Phi) is 5.68. The van der Waals surface area contributed by atoms with Crippen molar-refractivity contribution in [3.63, 3.8) is 0 Å². The maximum atomic E-state index is 8.91. The van der Waals surface area contributed by atoms with Gasteiger partial charge in [0.15, 0.2) is 11.6 Å². The van der Waals surface area contributed by atoms with Crippen LogP contribution in [0.15, 0.2) is 30.6 Å². The van der Waals surface area contributed by atoms with Crippen molar-refractivity contribution >= 4 is 35.0 Å². The third-order valence-electron chi connectivity index (χ3n) is 5.13. The maximum Gasteiger partial charge on any atom is 0.230 e. The highest BCUT2D eigenvalue weighted by Gasteiger charge is 2.21. The average molecular weight is 424 g/mol. The molecular weight excluding hydrogens is 402 g/mol. The second kappa shape index (κ2) is 8.55. The van der Waals surface area contributed by atoms with Crippen LogP contribution < -0.4 is 15.5 Å². The van der Waals surface area contributed by atoms with Gasteiger partial charge in [-0.2, -0.15) is 15.3 Å². The van der Waals surface area contributed by atoms with Gasteiger partial charge in [-0.15, -0.1) is 0 Å². The summed E-state index contributed by atoms with van der Waals surface area (Å²) >= 11 is 6.32. The highest BCUT2D eigenvalue weighted by atomic mass is 35.5. The molecular formula is C20H22ClN9. The standard InChI is InChI=1S/C20H22ClN9/c1-13-9-17(28-29(13)2)26-20-24-12-16(21)19(27-20)25-15-5-7-30(8-6-15)18-4-3-14(10-22)11-23-18/h3-4,9,11-12,15H,5-8H2,1-2H3,(H2,24,25,26,27,28). The Morgan fingerprint density at radius 2 is 2.00 bits per heavy atom. The largest absolute Gasteiger partial charge is 0.366 e. The van der Waals surface area contributed by atoms with Crippen LogP contribution in [0.3, 0.4) is 0 Å². The normalized spacial score (nSPS) is 14.4. The smallest absolute Gasteiger partial charge is 0.230 e. The van der Waals surface area contributed by atoms with Gasteiger partial charge in [-0.05, 0) is 31.9 Å². The number of halogens is 1. The molecule has 0 unspecified atom stereocenters. The molecule has 9 nitrogen and oxygen atoms in total. The number of aromatic nitrogens is 5. The van der Waals surface area contributed by atoms with Crippen LogP contribution in [0, 0.1) is 18.3 Å². The molecule has 0 amide bonds. The SMILES string of the molecule is Cc1cc(Nc2ncc(Cl)c(NC3CCN(c4ccc(C#N)cn4)CC3)n2)nn1C. The molecule has 0 spiro atoms. The molecule has 1 fully saturated rings. The van der Waals surface area contributed by atoms with Crippen molar-refractivity contribution in [2.45, 2.75) is 25.8 Å². The number of nitriles is 1. The van der Waals surface area contributed by atoms with E-state index in [1.165, 1.54) is 0 Å². The zero-order chi connectivity index (χ0) is 21.1. The first-order valence-corrected chi connectivity index (χ1v) is 10.1. The van der Waals surface area contributed by atoms with Gasteiger partial charge in [0.1, 0.15) is 16.9 Å². The van der Waals surface area contributed by atoms with Crippen LogP contribution in [0.4, 0.5) is 23.4 Å². The van der Waals surface area contributed by atoms with E-state index < -0.39 is 0 Å². The molecule has 154 valence electrons. The molecule has 0 aliphatic carbocycles. The highest BCUT2D eigenvalue weighted by Crippen LogP contribution is 2.25. The van der Waals surface area contributed by atoms with Gasteiger partial charge in [-0.25, -0.2) is 9.97 Å². The second-order valence-electron chi connectivity index (χ2n) is 7.23. The topological polar surface area (TPSA) is 108 Å². The second-order valence-corrected chi connectivity index (χ2v) is 7.64. The summed E-state index contributed by atoms with van der Waals surface area (Å²) in [6, 6.07) is 7.96. The van der Waals surface area contributed by atoms with E-state index in [4.69, 9.17) is 16.9 Å². The lowest BCUT2D eigenvalue weighted by Gasteiger charge is -2.33. The van der Waals surface area contributed by atoms with Crippen molar-refractivity contribution in [1.82, 2.24) is 24.7 Å². The van der Waals surface area contributed by atoms with Crippen LogP contribution in [-0.4, -0.2) is 43.9 Å². The molecule has 2 N–H and O–H groups in total. The van der Waals surface area contributed by atoms with Crippen molar-refractivity contribution in [3.8, 4) is 6.07 Å². The number of rotatable bonds is 5. The van der Waals surface area contributed by atoms with E-state index in [0.29, 0.717) is 28.2 Å². The van der Waals surface area contributed by atoms with Crippen molar-refractivity contribution in [2.75, 3.05) is 28.6 Å². The Morgan fingerprint density at radius 1 is 1.20 bits per heavy atom. The minimum atomic E-state index is 0.247. The third kappa shape index (κ3) is 4.44. The molecule has 3 aromatic rings. The van der Waals surface area contributed by atoms with Crippen LogP contribution in [0.2, 0.25) is 5.02 Å². The van der Waals surface area contributed by atoms with Crippen LogP contribution in [0.1, 0.15) is 24.1 Å². The van der Waals surface area contributed by atoms with Crippen LogP contribution >= 0.6 is 11.6 Å². The Hall–Kier alpha value is -3.38. The predicted molar refractivity (Wildman–Crippen MR) is 116 cm³/mol. The average Bonchev–Trinajstić information content (AvgIpc) is 3.08. The number of nitrogens with zero attached hydrogens (tertiary/aromatic N) is 7. The zero-order valence-corrected chi connectivity index (χ0v) is 17.6. The summed E-state index contributed by atoms with van der Waals surface area (Å²) in [5.74, 6) is 2.63. The van der Waals surface area contributed by atoms with Gasteiger partial charge < -0.3 is 15.5 Å². The summed E-state index contributed by atoms with van der Waals surface area (Å²) in [6.45, 7) is 3.70. The summed E-state index contributed by atoms with van der Waals surface area (Å²) in [5.41, 5.74) is 1.60. The molecule has 1 saturated heterocycles. The lowest BCUT2D eigenvalue weighted by Crippen LogP contribution is -2.39. The van der Waals surface area contributed by atoms with E-state index in [1.54, 1.807) is 23.1 Å². The lowest BCUT2D eigenvalue weighted by atomic mass is 10.0. The molecule has 1 aliphatic rings. The Balaban J connectivity index is 1.38. The Morgan fingerprint density at radius 3 is 2.63 bits per heavy atom. The molecule has 0 aromatic carbocycles. The molecule has 30 heavy (non-hydrogen) atoms. The van der Waals surface area contributed by atoms with E-state index in [9.17, 15) is 0 Å². The summed E-state index contributed by atoms with van der Waals surface area (Å²) in [5, 5.41) is 20.3. The number of pyridine rings is 1. The van der Waals surface area contributed by atoms with Crippen molar-refractivity contribution in [2.24, 2.45) is 7.05 Å². The summed E-state index contributed by atoms with van der Waals surface area (Å²) < 4.78 is 1.79. The molecule has 4 rings (SSSR count). The van der Waals surface area contributed by atoms with Gasteiger partial charge in [0, 0.05) is 44.1 Å². The number of hydrogen-bond acceptors (Lipinski definition) is 8. The van der Waals surface area contributed by atoms with Crippen LogP contribution in [0.5, 0.6) is 0 Å². The quantitative estimate of drug-likeness (QED) is 0.643. The Labute approximate surface area is 179 Å². The van der Waals surface area contributed by atoms with Crippen molar-refractivity contribution < 1.29 is 0 Å². The van der Waals surface area contributed by atoms with Gasteiger partial charge in [0.2, 0.25) is 5.95 Å². The fourth-order valence-corrected chi connectivity index (χ4v) is 3.50. The third-order valence-corrected chi connectivity index (χ3v) is 5.41. The molecule has 1 aliphatic heterocycles. The molecule has 0 bridgehead atoms. The first-order chi connectivity index (χ1) is 14.5. The number of hydrogen-bond donors (Lipinski definition) is 2. The van der Waals surface area contributed by atoms with E-state index in [2.05, 4.69) is 41.7 Å². The van der Waals surface area contributed by atoms with Gasteiger partial charge in [-0.1, -0.05) is 11.6 Å². The van der Waals surface area contributed by atoms with E-state index in [0.717, 1.165) is 37.4 Å². The number of nitrogens with one attached hydrogen (secondary N) is 2. The van der Waals surface area contributed by atoms with Crippen molar-refractivity contribution in [3.05, 3.63) is 46.9 Å².